The number of nitrogens with zero attached hydrogens (tertiary/aromatic N) is 6. The van der Waals surface area contributed by atoms with Gasteiger partial charge in [0.1, 0.15) is 17.2 Å². The number of para-hydroxylation sites is 1. The molecule has 2 fully saturated rings. The number of benzene rings is 1. The Morgan fingerprint density at radius 1 is 1.03 bits per heavy atom. The van der Waals surface area contributed by atoms with E-state index in [0.29, 0.717) is 25.0 Å². The van der Waals surface area contributed by atoms with E-state index in [1.807, 2.05) is 32.0 Å². The lowest BCUT2D eigenvalue weighted by molar-refractivity contribution is -0.0139. The normalized spacial score (nSPS) is 18.2. The average Bonchev–Trinajstić information content (AvgIpc) is 3.46. The number of anilines is 1. The van der Waals surface area contributed by atoms with Crippen LogP contribution >= 0.6 is 0 Å². The topological polar surface area (TPSA) is 92.7 Å². The third kappa shape index (κ3) is 4.57. The molecule has 2 aliphatic heterocycles. The van der Waals surface area contributed by atoms with Crippen LogP contribution in [-0.2, 0) is 24.8 Å². The van der Waals surface area contributed by atoms with Crippen molar-refractivity contribution in [3.8, 4) is 11.4 Å². The first kappa shape index (κ1) is 25.3. The Balaban J connectivity index is 1.42. The molecule has 1 N–H and O–H groups in total. The Hall–Kier alpha value is -3.01. The number of imidazole rings is 1. The summed E-state index contributed by atoms with van der Waals surface area (Å²) in [7, 11) is 2.06. The first-order chi connectivity index (χ1) is 18.3. The zero-order valence-electron chi connectivity index (χ0n) is 22.9. The van der Waals surface area contributed by atoms with Crippen molar-refractivity contribution in [2.45, 2.75) is 52.2 Å². The maximum absolute atomic E-state index is 10.4. The molecule has 0 amide bonds. The molecule has 1 aromatic carbocycles. The Bertz CT molecular complexity index is 1440. The molecule has 0 spiro atoms. The molecule has 0 aliphatic carbocycles. The third-order valence-corrected chi connectivity index (χ3v) is 8.27. The van der Waals surface area contributed by atoms with Crippen LogP contribution < -0.4 is 4.90 Å². The Morgan fingerprint density at radius 3 is 2.47 bits per heavy atom. The fourth-order valence-electron chi connectivity index (χ4n) is 5.93. The van der Waals surface area contributed by atoms with E-state index < -0.39 is 5.60 Å². The number of morpholine rings is 1. The maximum Gasteiger partial charge on any atom is 0.168 e. The molecular formula is C29H38N6O3. The second-order valence-electron chi connectivity index (χ2n) is 11.2. The number of furan rings is 1. The zero-order valence-corrected chi connectivity index (χ0v) is 22.9. The number of hydrogen-bond acceptors (Lipinski definition) is 8. The van der Waals surface area contributed by atoms with E-state index in [2.05, 4.69) is 34.4 Å². The minimum Gasteiger partial charge on any atom is -0.460 e. The fourth-order valence-corrected chi connectivity index (χ4v) is 5.93. The van der Waals surface area contributed by atoms with Crippen LogP contribution in [0.4, 0.5) is 5.82 Å². The summed E-state index contributed by atoms with van der Waals surface area (Å²) in [5, 5.41) is 11.5. The first-order valence-electron chi connectivity index (χ1n) is 13.8. The molecule has 0 unspecified atom stereocenters. The predicted molar refractivity (Wildman–Crippen MR) is 148 cm³/mol. The van der Waals surface area contributed by atoms with Crippen molar-refractivity contribution in [2.75, 3.05) is 44.3 Å². The molecular weight excluding hydrogens is 480 g/mol. The van der Waals surface area contributed by atoms with E-state index in [-0.39, 0.29) is 0 Å². The van der Waals surface area contributed by atoms with Gasteiger partial charge in [0.25, 0.3) is 0 Å². The fraction of sp³-hybridized carbons (Fsp3) is 0.552. The summed E-state index contributed by atoms with van der Waals surface area (Å²) in [5.74, 6) is 3.76. The van der Waals surface area contributed by atoms with Crippen LogP contribution in [0.5, 0.6) is 0 Å². The van der Waals surface area contributed by atoms with Gasteiger partial charge in [0, 0.05) is 31.9 Å². The molecule has 5 heterocycles. The van der Waals surface area contributed by atoms with Gasteiger partial charge in [-0.25, -0.2) is 15.0 Å². The SMILES string of the molecule is CCc1oc2ccccc2c1-c1nc(N2CCOCC2)c2nc(CN3CCC(C(C)(C)O)CC3)n(C)c2n1. The quantitative estimate of drug-likeness (QED) is 0.407. The number of ether oxygens (including phenoxy) is 1. The van der Waals surface area contributed by atoms with Gasteiger partial charge in [0.15, 0.2) is 22.8 Å². The minimum atomic E-state index is -0.627. The van der Waals surface area contributed by atoms with Gasteiger partial charge in [-0.1, -0.05) is 25.1 Å². The maximum atomic E-state index is 10.4. The van der Waals surface area contributed by atoms with Gasteiger partial charge in [-0.15, -0.1) is 0 Å². The minimum absolute atomic E-state index is 0.332. The molecule has 9 heteroatoms. The van der Waals surface area contributed by atoms with Crippen molar-refractivity contribution >= 4 is 28.0 Å². The Morgan fingerprint density at radius 2 is 1.76 bits per heavy atom. The number of fused-ring (bicyclic) bond motifs is 2. The third-order valence-electron chi connectivity index (χ3n) is 8.27. The first-order valence-corrected chi connectivity index (χ1v) is 13.8. The zero-order chi connectivity index (χ0) is 26.4. The summed E-state index contributed by atoms with van der Waals surface area (Å²) in [6.07, 6.45) is 2.74. The second kappa shape index (κ2) is 9.94. The molecule has 0 saturated carbocycles. The van der Waals surface area contributed by atoms with Crippen molar-refractivity contribution in [3.05, 3.63) is 35.9 Å². The number of piperidine rings is 1. The van der Waals surface area contributed by atoms with E-state index in [1.165, 1.54) is 0 Å². The van der Waals surface area contributed by atoms with Crippen LogP contribution in [0.2, 0.25) is 0 Å². The number of aliphatic hydroxyl groups is 1. The summed E-state index contributed by atoms with van der Waals surface area (Å²) in [4.78, 5) is 20.1. The molecule has 0 atom stereocenters. The highest BCUT2D eigenvalue weighted by atomic mass is 16.5. The van der Waals surface area contributed by atoms with Crippen molar-refractivity contribution in [3.63, 3.8) is 0 Å². The Labute approximate surface area is 223 Å². The second-order valence-corrected chi connectivity index (χ2v) is 11.2. The van der Waals surface area contributed by atoms with Crippen LogP contribution in [0.3, 0.4) is 0 Å². The van der Waals surface area contributed by atoms with Crippen LogP contribution in [0.25, 0.3) is 33.5 Å². The van der Waals surface area contributed by atoms with Gasteiger partial charge in [-0.2, -0.15) is 0 Å². The highest BCUT2D eigenvalue weighted by Gasteiger charge is 2.31. The highest BCUT2D eigenvalue weighted by molar-refractivity contribution is 5.96. The lowest BCUT2D eigenvalue weighted by Crippen LogP contribution is -2.41. The number of hydrogen-bond donors (Lipinski definition) is 1. The van der Waals surface area contributed by atoms with Crippen LogP contribution in [0.15, 0.2) is 28.7 Å². The number of likely N-dealkylation sites (tertiary alicyclic amines) is 1. The van der Waals surface area contributed by atoms with Crippen LogP contribution in [-0.4, -0.2) is 74.5 Å². The van der Waals surface area contributed by atoms with Crippen LogP contribution in [0, 0.1) is 5.92 Å². The number of rotatable bonds is 6. The van der Waals surface area contributed by atoms with Gasteiger partial charge >= 0.3 is 0 Å². The number of aromatic nitrogens is 4. The smallest absolute Gasteiger partial charge is 0.168 e. The highest BCUT2D eigenvalue weighted by Crippen LogP contribution is 2.36. The molecule has 6 rings (SSSR count). The molecule has 3 aromatic heterocycles. The summed E-state index contributed by atoms with van der Waals surface area (Å²) in [6, 6.07) is 8.12. The summed E-state index contributed by atoms with van der Waals surface area (Å²) in [5.41, 5.74) is 2.88. The van der Waals surface area contributed by atoms with Gasteiger partial charge in [-0.05, 0) is 51.8 Å². The van der Waals surface area contributed by atoms with E-state index >= 15 is 0 Å². The molecule has 202 valence electrons. The van der Waals surface area contributed by atoms with E-state index in [4.69, 9.17) is 24.1 Å². The molecule has 9 nitrogen and oxygen atoms in total. The van der Waals surface area contributed by atoms with E-state index in [1.54, 1.807) is 0 Å². The average molecular weight is 519 g/mol. The standard InChI is InChI=1S/C29H38N6O3/c1-5-21-24(20-8-6-7-9-22(20)38-21)26-31-27-25(28(32-26)35-14-16-37-17-15-35)30-23(33(27)4)18-34-12-10-19(11-13-34)29(2,3)36/h6-9,19,36H,5,10-18H2,1-4H3. The summed E-state index contributed by atoms with van der Waals surface area (Å²) in [6.45, 7) is 11.5. The number of aryl methyl sites for hydroxylation is 2. The molecule has 0 bridgehead atoms. The molecule has 0 radical (unpaired) electrons. The van der Waals surface area contributed by atoms with Gasteiger partial charge < -0.3 is 23.7 Å². The Kier molecular flexibility index (Phi) is 6.62. The van der Waals surface area contributed by atoms with E-state index in [9.17, 15) is 5.11 Å². The van der Waals surface area contributed by atoms with E-state index in [0.717, 1.165) is 97.1 Å². The van der Waals surface area contributed by atoms with Crippen molar-refractivity contribution < 1.29 is 14.3 Å². The van der Waals surface area contributed by atoms with Crippen molar-refractivity contribution in [1.82, 2.24) is 24.4 Å². The van der Waals surface area contributed by atoms with Gasteiger partial charge in [0.2, 0.25) is 0 Å². The molecule has 2 aliphatic rings. The largest absolute Gasteiger partial charge is 0.460 e. The summed E-state index contributed by atoms with van der Waals surface area (Å²) < 4.78 is 14.0. The van der Waals surface area contributed by atoms with Crippen molar-refractivity contribution in [1.29, 1.82) is 0 Å². The van der Waals surface area contributed by atoms with Gasteiger partial charge in [0.05, 0.1) is 30.9 Å². The van der Waals surface area contributed by atoms with Gasteiger partial charge in [-0.3, -0.25) is 4.90 Å². The molecule has 4 aromatic rings. The van der Waals surface area contributed by atoms with Crippen LogP contribution in [0.1, 0.15) is 45.2 Å². The lowest BCUT2D eigenvalue weighted by Gasteiger charge is -2.37. The summed E-state index contributed by atoms with van der Waals surface area (Å²) >= 11 is 0. The lowest BCUT2D eigenvalue weighted by atomic mass is 9.83. The van der Waals surface area contributed by atoms with Crippen molar-refractivity contribution in [2.24, 2.45) is 13.0 Å². The predicted octanol–water partition coefficient (Wildman–Crippen LogP) is 4.16. The monoisotopic (exact) mass is 518 g/mol. The molecule has 38 heavy (non-hydrogen) atoms. The molecule has 2 saturated heterocycles.